The van der Waals surface area contributed by atoms with Crippen molar-refractivity contribution in [1.82, 2.24) is 7.96 Å². The summed E-state index contributed by atoms with van der Waals surface area (Å²) >= 11 is 1.82. The van der Waals surface area contributed by atoms with Crippen molar-refractivity contribution in [3.05, 3.63) is 40.6 Å². The normalized spacial score (nSPS) is 13.0. The van der Waals surface area contributed by atoms with Gasteiger partial charge >= 0.3 is 123 Å². The Balaban J connectivity index is 1.96. The van der Waals surface area contributed by atoms with Crippen molar-refractivity contribution in [3.8, 4) is 0 Å². The van der Waals surface area contributed by atoms with Gasteiger partial charge in [-0.3, -0.25) is 0 Å². The molecule has 0 saturated heterocycles. The molecule has 0 spiro atoms. The van der Waals surface area contributed by atoms with Crippen molar-refractivity contribution in [2.75, 3.05) is 5.32 Å². The fourth-order valence-corrected chi connectivity index (χ4v) is 4.23. The van der Waals surface area contributed by atoms with Crippen molar-refractivity contribution in [1.29, 1.82) is 0 Å². The van der Waals surface area contributed by atoms with E-state index in [9.17, 15) is 0 Å². The van der Waals surface area contributed by atoms with Gasteiger partial charge in [0.1, 0.15) is 0 Å². The maximum atomic E-state index is 4.53. The van der Waals surface area contributed by atoms with Crippen LogP contribution in [0.5, 0.6) is 0 Å². The van der Waals surface area contributed by atoms with E-state index in [0.717, 1.165) is 16.7 Å². The Morgan fingerprint density at radius 2 is 2.05 bits per heavy atom. The van der Waals surface area contributed by atoms with Crippen LogP contribution in [0.25, 0.3) is 11.0 Å². The summed E-state index contributed by atoms with van der Waals surface area (Å²) in [6.07, 6.45) is 0. The number of anilines is 1. The number of nitrogens with one attached hydrogen (secondary N) is 1. The molecule has 0 aliphatic rings. The quantitative estimate of drug-likeness (QED) is 0.741. The van der Waals surface area contributed by atoms with Crippen LogP contribution in [0.1, 0.15) is 24.8 Å². The molecule has 0 radical (unpaired) electrons. The Labute approximate surface area is 122 Å². The Morgan fingerprint density at radius 1 is 1.16 bits per heavy atom. The molecule has 5 heteroatoms. The maximum absolute atomic E-state index is 4.53. The van der Waals surface area contributed by atoms with Crippen molar-refractivity contribution in [3.63, 3.8) is 0 Å². The van der Waals surface area contributed by atoms with E-state index in [0.29, 0.717) is 12.0 Å². The molecular formula is C14H15N3SSe. The van der Waals surface area contributed by atoms with Crippen LogP contribution >= 0.6 is 11.3 Å². The molecule has 3 rings (SSSR count). The molecule has 0 aliphatic carbocycles. The summed E-state index contributed by atoms with van der Waals surface area (Å²) in [5.74, 6) is 0.526. The third-order valence-corrected chi connectivity index (χ3v) is 5.21. The molecule has 0 saturated carbocycles. The van der Waals surface area contributed by atoms with Crippen LogP contribution in [0.15, 0.2) is 35.7 Å². The first kappa shape index (κ1) is 12.9. The predicted molar refractivity (Wildman–Crippen MR) is 82.0 cm³/mol. The molecule has 0 bridgehead atoms. The van der Waals surface area contributed by atoms with E-state index in [1.165, 1.54) is 4.88 Å². The second-order valence-corrected chi connectivity index (χ2v) is 6.91. The van der Waals surface area contributed by atoms with Crippen LogP contribution in [0.2, 0.25) is 0 Å². The average molecular weight is 336 g/mol. The number of aromatic nitrogens is 2. The van der Waals surface area contributed by atoms with Crippen LogP contribution < -0.4 is 5.32 Å². The van der Waals surface area contributed by atoms with Gasteiger partial charge < -0.3 is 0 Å². The molecule has 1 aromatic carbocycles. The van der Waals surface area contributed by atoms with Gasteiger partial charge in [-0.15, -0.1) is 0 Å². The first-order valence-electron chi connectivity index (χ1n) is 6.27. The topological polar surface area (TPSA) is 37.8 Å². The summed E-state index contributed by atoms with van der Waals surface area (Å²) < 4.78 is 8.96. The molecule has 19 heavy (non-hydrogen) atoms. The molecule has 2 heterocycles. The van der Waals surface area contributed by atoms with Crippen molar-refractivity contribution >= 4 is 43.0 Å². The van der Waals surface area contributed by atoms with E-state index < -0.39 is 0 Å². The number of thiophene rings is 1. The number of hydrogen-bond acceptors (Lipinski definition) is 4. The number of rotatable bonds is 4. The predicted octanol–water partition coefficient (Wildman–Crippen LogP) is 3.56. The van der Waals surface area contributed by atoms with Gasteiger partial charge in [0.05, 0.1) is 0 Å². The summed E-state index contributed by atoms with van der Waals surface area (Å²) in [6, 6.07) is 10.8. The van der Waals surface area contributed by atoms with E-state index >= 15 is 0 Å². The monoisotopic (exact) mass is 337 g/mol. The third kappa shape index (κ3) is 2.59. The van der Waals surface area contributed by atoms with Gasteiger partial charge in [0.2, 0.25) is 0 Å². The zero-order chi connectivity index (χ0) is 13.2. The molecule has 0 amide bonds. The van der Waals surface area contributed by atoms with Gasteiger partial charge in [-0.1, -0.05) is 0 Å². The minimum absolute atomic E-state index is 0.0242. The summed E-state index contributed by atoms with van der Waals surface area (Å²) in [5, 5.41) is 5.78. The zero-order valence-electron chi connectivity index (χ0n) is 10.8. The van der Waals surface area contributed by atoms with E-state index in [2.05, 4.69) is 50.7 Å². The van der Waals surface area contributed by atoms with Crippen LogP contribution in [0, 0.1) is 5.92 Å². The Bertz CT molecular complexity index is 660. The molecule has 1 N–H and O–H groups in total. The zero-order valence-corrected chi connectivity index (χ0v) is 13.4. The fraction of sp³-hybridized carbons (Fsp3) is 0.286. The Kier molecular flexibility index (Phi) is 3.69. The van der Waals surface area contributed by atoms with Gasteiger partial charge in [-0.05, 0) is 0 Å². The molecule has 0 fully saturated rings. The van der Waals surface area contributed by atoms with Gasteiger partial charge in [0, 0.05) is 0 Å². The van der Waals surface area contributed by atoms with E-state index in [-0.39, 0.29) is 15.0 Å². The molecule has 98 valence electrons. The molecule has 1 atom stereocenters. The molecule has 3 nitrogen and oxygen atoms in total. The van der Waals surface area contributed by atoms with E-state index in [1.807, 2.05) is 12.1 Å². The second-order valence-electron chi connectivity index (χ2n) is 4.82. The molecule has 3 aromatic rings. The molecule has 1 unspecified atom stereocenters. The van der Waals surface area contributed by atoms with Crippen molar-refractivity contribution < 1.29 is 0 Å². The third-order valence-electron chi connectivity index (χ3n) is 3.11. The number of benzene rings is 1. The summed E-state index contributed by atoms with van der Waals surface area (Å²) in [6.45, 7) is 4.48. The summed E-state index contributed by atoms with van der Waals surface area (Å²) in [7, 11) is 0. The Hall–Kier alpha value is -1.16. The van der Waals surface area contributed by atoms with Gasteiger partial charge in [-0.2, -0.15) is 0 Å². The van der Waals surface area contributed by atoms with Crippen LogP contribution in [-0.4, -0.2) is 22.9 Å². The fourth-order valence-electron chi connectivity index (χ4n) is 2.12. The molecular weight excluding hydrogens is 321 g/mol. The standard InChI is InChI=1S/C14H15N3SSe/c1-9(2)13(12-7-4-8-18-12)15-10-5-3-6-11-14(10)17-19-16-11/h3-9,13,15H,1-2H3. The second kappa shape index (κ2) is 5.45. The van der Waals surface area contributed by atoms with Crippen LogP contribution in [0.4, 0.5) is 5.69 Å². The number of hydrogen-bond donors (Lipinski definition) is 1. The van der Waals surface area contributed by atoms with Crippen LogP contribution in [0.3, 0.4) is 0 Å². The summed E-state index contributed by atoms with van der Waals surface area (Å²) in [5.41, 5.74) is 3.16. The van der Waals surface area contributed by atoms with Crippen molar-refractivity contribution in [2.24, 2.45) is 5.92 Å². The number of fused-ring (bicyclic) bond motifs is 1. The Morgan fingerprint density at radius 3 is 2.79 bits per heavy atom. The number of nitrogens with zero attached hydrogens (tertiary/aromatic N) is 2. The molecule has 0 aliphatic heterocycles. The minimum atomic E-state index is 0.0242. The van der Waals surface area contributed by atoms with E-state index in [4.69, 9.17) is 0 Å². The van der Waals surface area contributed by atoms with Crippen LogP contribution in [-0.2, 0) is 0 Å². The SMILES string of the molecule is CC(C)C(Nc1cccc2n[se]nc12)c1cccs1. The van der Waals surface area contributed by atoms with Crippen molar-refractivity contribution in [2.45, 2.75) is 19.9 Å². The van der Waals surface area contributed by atoms with Gasteiger partial charge in [-0.25, -0.2) is 0 Å². The summed E-state index contributed by atoms with van der Waals surface area (Å²) in [4.78, 5) is 1.37. The van der Waals surface area contributed by atoms with Gasteiger partial charge in [0.25, 0.3) is 0 Å². The molecule has 2 aromatic heterocycles. The van der Waals surface area contributed by atoms with E-state index in [1.54, 1.807) is 11.3 Å². The first-order valence-corrected chi connectivity index (χ1v) is 8.68. The average Bonchev–Trinajstić information content (AvgIpc) is 3.06. The van der Waals surface area contributed by atoms with Gasteiger partial charge in [0.15, 0.2) is 0 Å². The first-order chi connectivity index (χ1) is 9.25.